The van der Waals surface area contributed by atoms with Gasteiger partial charge in [0.05, 0.1) is 16.3 Å². The zero-order valence-electron chi connectivity index (χ0n) is 9.61. The Morgan fingerprint density at radius 1 is 1.26 bits per heavy atom. The maximum Gasteiger partial charge on any atom is 0.337 e. The SMILES string of the molecule is CC1=CC(=O)N(c2c(Cl)cc(Cl)cc2C(=O)O)C1=O. The Hall–Kier alpha value is -1.85. The van der Waals surface area contributed by atoms with Gasteiger partial charge < -0.3 is 5.11 Å². The molecule has 19 heavy (non-hydrogen) atoms. The van der Waals surface area contributed by atoms with E-state index in [1.165, 1.54) is 13.0 Å². The summed E-state index contributed by atoms with van der Waals surface area (Å²) >= 11 is 11.6. The van der Waals surface area contributed by atoms with Crippen molar-refractivity contribution in [1.82, 2.24) is 0 Å². The van der Waals surface area contributed by atoms with Crippen molar-refractivity contribution in [3.8, 4) is 0 Å². The number of benzene rings is 1. The molecule has 0 saturated heterocycles. The van der Waals surface area contributed by atoms with E-state index in [1.807, 2.05) is 0 Å². The molecule has 2 rings (SSSR count). The fourth-order valence-corrected chi connectivity index (χ4v) is 2.33. The number of carboxylic acid groups (broad SMARTS) is 1. The highest BCUT2D eigenvalue weighted by atomic mass is 35.5. The number of hydrogen-bond donors (Lipinski definition) is 1. The van der Waals surface area contributed by atoms with Crippen LogP contribution in [0.25, 0.3) is 0 Å². The molecule has 0 aliphatic carbocycles. The van der Waals surface area contributed by atoms with Gasteiger partial charge in [-0.3, -0.25) is 9.59 Å². The number of rotatable bonds is 2. The summed E-state index contributed by atoms with van der Waals surface area (Å²) in [6.45, 7) is 1.46. The van der Waals surface area contributed by atoms with Crippen LogP contribution < -0.4 is 4.90 Å². The molecule has 0 radical (unpaired) electrons. The molecule has 1 aliphatic heterocycles. The van der Waals surface area contributed by atoms with Gasteiger partial charge in [0.15, 0.2) is 0 Å². The molecule has 1 heterocycles. The lowest BCUT2D eigenvalue weighted by Gasteiger charge is -2.18. The number of halogens is 2. The highest BCUT2D eigenvalue weighted by Crippen LogP contribution is 2.35. The number of hydrogen-bond acceptors (Lipinski definition) is 3. The third-order valence-electron chi connectivity index (χ3n) is 2.58. The maximum absolute atomic E-state index is 11.9. The van der Waals surface area contributed by atoms with Gasteiger partial charge in [0.2, 0.25) is 0 Å². The van der Waals surface area contributed by atoms with Gasteiger partial charge in [-0.1, -0.05) is 23.2 Å². The third-order valence-corrected chi connectivity index (χ3v) is 3.09. The number of aromatic carboxylic acids is 1. The normalized spacial score (nSPS) is 14.9. The minimum Gasteiger partial charge on any atom is -0.478 e. The fraction of sp³-hybridized carbons (Fsp3) is 0.0833. The molecule has 7 heteroatoms. The molecular formula is C12H7Cl2NO4. The van der Waals surface area contributed by atoms with E-state index >= 15 is 0 Å². The lowest BCUT2D eigenvalue weighted by Crippen LogP contribution is -2.32. The molecule has 1 N–H and O–H groups in total. The van der Waals surface area contributed by atoms with Crippen LogP contribution in [0.2, 0.25) is 10.0 Å². The van der Waals surface area contributed by atoms with E-state index < -0.39 is 17.8 Å². The van der Waals surface area contributed by atoms with Gasteiger partial charge in [-0.05, 0) is 19.1 Å². The first kappa shape index (κ1) is 13.6. The van der Waals surface area contributed by atoms with Crippen LogP contribution in [0.1, 0.15) is 17.3 Å². The number of carboxylic acids is 1. The van der Waals surface area contributed by atoms with Gasteiger partial charge in [-0.25, -0.2) is 9.69 Å². The summed E-state index contributed by atoms with van der Waals surface area (Å²) in [4.78, 5) is 35.6. The van der Waals surface area contributed by atoms with Gasteiger partial charge in [0.25, 0.3) is 11.8 Å². The molecule has 5 nitrogen and oxygen atoms in total. The number of anilines is 1. The summed E-state index contributed by atoms with van der Waals surface area (Å²) < 4.78 is 0. The summed E-state index contributed by atoms with van der Waals surface area (Å²) in [5.74, 6) is -2.56. The Kier molecular flexibility index (Phi) is 3.34. The smallest absolute Gasteiger partial charge is 0.337 e. The summed E-state index contributed by atoms with van der Waals surface area (Å²) in [6.07, 6.45) is 1.12. The van der Waals surface area contributed by atoms with Gasteiger partial charge in [0.1, 0.15) is 0 Å². The van der Waals surface area contributed by atoms with Crippen LogP contribution in [-0.4, -0.2) is 22.9 Å². The van der Waals surface area contributed by atoms with Crippen molar-refractivity contribution in [3.63, 3.8) is 0 Å². The van der Waals surface area contributed by atoms with Crippen LogP contribution in [-0.2, 0) is 9.59 Å². The van der Waals surface area contributed by atoms with Crippen molar-refractivity contribution in [1.29, 1.82) is 0 Å². The topological polar surface area (TPSA) is 74.7 Å². The monoisotopic (exact) mass is 299 g/mol. The van der Waals surface area contributed by atoms with E-state index in [-0.39, 0.29) is 26.9 Å². The van der Waals surface area contributed by atoms with Crippen molar-refractivity contribution in [3.05, 3.63) is 39.4 Å². The molecule has 1 aromatic rings. The van der Waals surface area contributed by atoms with E-state index in [4.69, 9.17) is 28.3 Å². The summed E-state index contributed by atoms with van der Waals surface area (Å²) in [6, 6.07) is 2.42. The van der Waals surface area contributed by atoms with Crippen LogP contribution in [0.5, 0.6) is 0 Å². The molecule has 98 valence electrons. The fourth-order valence-electron chi connectivity index (χ4n) is 1.76. The Balaban J connectivity index is 2.67. The van der Waals surface area contributed by atoms with E-state index in [0.29, 0.717) is 0 Å². The molecule has 2 amide bonds. The first-order chi connectivity index (χ1) is 8.82. The van der Waals surface area contributed by atoms with Crippen LogP contribution in [0.3, 0.4) is 0 Å². The Labute approximate surface area is 118 Å². The van der Waals surface area contributed by atoms with Crippen LogP contribution in [0.15, 0.2) is 23.8 Å². The second kappa shape index (κ2) is 4.68. The average molecular weight is 300 g/mol. The average Bonchev–Trinajstić information content (AvgIpc) is 2.53. The predicted octanol–water partition coefficient (Wildman–Crippen LogP) is 2.51. The highest BCUT2D eigenvalue weighted by molar-refractivity contribution is 6.41. The number of nitrogens with zero attached hydrogens (tertiary/aromatic N) is 1. The lowest BCUT2D eigenvalue weighted by atomic mass is 10.1. The Morgan fingerprint density at radius 3 is 2.37 bits per heavy atom. The second-order valence-corrected chi connectivity index (χ2v) is 4.74. The van der Waals surface area contributed by atoms with E-state index in [1.54, 1.807) is 0 Å². The molecular weight excluding hydrogens is 293 g/mol. The molecule has 0 spiro atoms. The highest BCUT2D eigenvalue weighted by Gasteiger charge is 2.34. The van der Waals surface area contributed by atoms with Crippen molar-refractivity contribution in [2.75, 3.05) is 4.90 Å². The van der Waals surface area contributed by atoms with Gasteiger partial charge in [-0.15, -0.1) is 0 Å². The number of imide groups is 1. The van der Waals surface area contributed by atoms with Crippen LogP contribution in [0, 0.1) is 0 Å². The summed E-state index contributed by atoms with van der Waals surface area (Å²) in [5.41, 5.74) is -0.253. The molecule has 1 aliphatic rings. The quantitative estimate of drug-likeness (QED) is 0.852. The largest absolute Gasteiger partial charge is 0.478 e. The van der Waals surface area contributed by atoms with Crippen molar-refractivity contribution < 1.29 is 19.5 Å². The van der Waals surface area contributed by atoms with E-state index in [0.717, 1.165) is 17.0 Å². The van der Waals surface area contributed by atoms with E-state index in [2.05, 4.69) is 0 Å². The predicted molar refractivity (Wildman–Crippen MR) is 69.7 cm³/mol. The van der Waals surface area contributed by atoms with Gasteiger partial charge >= 0.3 is 5.97 Å². The molecule has 0 bridgehead atoms. The molecule has 0 unspecified atom stereocenters. The second-order valence-electron chi connectivity index (χ2n) is 3.90. The summed E-state index contributed by atoms with van der Waals surface area (Å²) in [5, 5.41) is 9.16. The number of carbonyl (C=O) groups excluding carboxylic acids is 2. The summed E-state index contributed by atoms with van der Waals surface area (Å²) in [7, 11) is 0. The van der Waals surface area contributed by atoms with Crippen molar-refractivity contribution >= 4 is 46.7 Å². The lowest BCUT2D eigenvalue weighted by molar-refractivity contribution is -0.120. The maximum atomic E-state index is 11.9. The molecule has 0 aromatic heterocycles. The first-order valence-electron chi connectivity index (χ1n) is 5.12. The minimum atomic E-state index is -1.33. The minimum absolute atomic E-state index is 0.0744. The zero-order chi connectivity index (χ0) is 14.3. The van der Waals surface area contributed by atoms with E-state index in [9.17, 15) is 14.4 Å². The van der Waals surface area contributed by atoms with Gasteiger partial charge in [-0.2, -0.15) is 0 Å². The van der Waals surface area contributed by atoms with Gasteiger partial charge in [0, 0.05) is 16.7 Å². The molecule has 1 aromatic carbocycles. The molecule has 0 fully saturated rings. The number of amides is 2. The standard InChI is InChI=1S/C12H7Cl2NO4/c1-5-2-9(16)15(11(5)17)10-7(12(18)19)3-6(13)4-8(10)14/h2-4H,1H3,(H,18,19). The zero-order valence-corrected chi connectivity index (χ0v) is 11.1. The van der Waals surface area contributed by atoms with Crippen LogP contribution >= 0.6 is 23.2 Å². The Bertz CT molecular complexity index is 651. The van der Waals surface area contributed by atoms with Crippen molar-refractivity contribution in [2.24, 2.45) is 0 Å². The van der Waals surface area contributed by atoms with Crippen molar-refractivity contribution in [2.45, 2.75) is 6.92 Å². The third kappa shape index (κ3) is 2.22. The molecule has 0 saturated carbocycles. The first-order valence-corrected chi connectivity index (χ1v) is 5.87. The number of carbonyl (C=O) groups is 3. The molecule has 0 atom stereocenters. The van der Waals surface area contributed by atoms with Crippen LogP contribution in [0.4, 0.5) is 5.69 Å². The Morgan fingerprint density at radius 2 is 1.89 bits per heavy atom.